The van der Waals surface area contributed by atoms with Gasteiger partial charge in [0.2, 0.25) is 0 Å². The molecule has 0 saturated heterocycles. The molecule has 1 aromatic rings. The van der Waals surface area contributed by atoms with E-state index < -0.39 is 0 Å². The second kappa shape index (κ2) is 3.39. The van der Waals surface area contributed by atoms with Crippen LogP contribution in [0.25, 0.3) is 0 Å². The van der Waals surface area contributed by atoms with E-state index in [1.54, 1.807) is 0 Å². The Morgan fingerprint density at radius 2 is 1.71 bits per heavy atom. The van der Waals surface area contributed by atoms with Gasteiger partial charge >= 0.3 is 0 Å². The minimum Gasteiger partial charge on any atom is -0.309 e. The third-order valence-corrected chi connectivity index (χ3v) is 3.14. The van der Waals surface area contributed by atoms with Crippen molar-refractivity contribution in [1.29, 1.82) is 0 Å². The average molecular weight is 189 g/mol. The van der Waals surface area contributed by atoms with Crippen LogP contribution in [0.1, 0.15) is 24.0 Å². The maximum absolute atomic E-state index is 2.30. The van der Waals surface area contributed by atoms with Crippen LogP contribution in [0, 0.1) is 6.92 Å². The van der Waals surface area contributed by atoms with Gasteiger partial charge in [-0.2, -0.15) is 0 Å². The van der Waals surface area contributed by atoms with E-state index in [-0.39, 0.29) is 0 Å². The summed E-state index contributed by atoms with van der Waals surface area (Å²) < 4.78 is 0. The van der Waals surface area contributed by atoms with E-state index in [4.69, 9.17) is 0 Å². The molecule has 0 unspecified atom stereocenters. The quantitative estimate of drug-likeness (QED) is 0.706. The molecule has 0 aliphatic heterocycles. The van der Waals surface area contributed by atoms with Gasteiger partial charge in [0.25, 0.3) is 0 Å². The molecule has 2 rings (SSSR count). The molecule has 1 aliphatic rings. The van der Waals surface area contributed by atoms with Crippen molar-refractivity contribution < 1.29 is 0 Å². The highest BCUT2D eigenvalue weighted by Crippen LogP contribution is 2.48. The number of hydrogen-bond acceptors (Lipinski definition) is 1. The van der Waals surface area contributed by atoms with Crippen molar-refractivity contribution in [3.05, 3.63) is 35.4 Å². The molecule has 0 bridgehead atoms. The fraction of sp³-hybridized carbons (Fsp3) is 0.538. The first-order chi connectivity index (χ1) is 6.62. The maximum atomic E-state index is 2.30. The van der Waals surface area contributed by atoms with Crippen molar-refractivity contribution in [2.75, 3.05) is 20.6 Å². The second-order valence-electron chi connectivity index (χ2n) is 4.88. The van der Waals surface area contributed by atoms with Crippen molar-refractivity contribution in [2.24, 2.45) is 0 Å². The largest absolute Gasteiger partial charge is 0.309 e. The van der Waals surface area contributed by atoms with E-state index in [1.807, 2.05) is 0 Å². The Morgan fingerprint density at radius 1 is 1.14 bits per heavy atom. The van der Waals surface area contributed by atoms with Gasteiger partial charge < -0.3 is 4.90 Å². The molecule has 1 saturated carbocycles. The molecular formula is C13H19N. The predicted octanol–water partition coefficient (Wildman–Crippen LogP) is 2.59. The van der Waals surface area contributed by atoms with Gasteiger partial charge in [0.15, 0.2) is 0 Å². The molecule has 1 fully saturated rings. The van der Waals surface area contributed by atoms with Crippen LogP contribution in [-0.2, 0) is 5.41 Å². The van der Waals surface area contributed by atoms with Crippen LogP contribution in [-0.4, -0.2) is 25.5 Å². The van der Waals surface area contributed by atoms with Gasteiger partial charge in [0.1, 0.15) is 0 Å². The van der Waals surface area contributed by atoms with Crippen LogP contribution >= 0.6 is 0 Å². The summed E-state index contributed by atoms with van der Waals surface area (Å²) in [5, 5.41) is 0. The SMILES string of the molecule is Cc1ccc(C2(CN(C)C)CC2)cc1. The number of benzene rings is 1. The zero-order valence-corrected chi connectivity index (χ0v) is 9.38. The van der Waals surface area contributed by atoms with Gasteiger partial charge in [0.05, 0.1) is 0 Å². The molecule has 0 N–H and O–H groups in total. The first-order valence-corrected chi connectivity index (χ1v) is 5.34. The lowest BCUT2D eigenvalue weighted by molar-refractivity contribution is 0.362. The molecule has 1 heteroatoms. The van der Waals surface area contributed by atoms with E-state index in [2.05, 4.69) is 50.2 Å². The molecule has 0 spiro atoms. The predicted molar refractivity (Wildman–Crippen MR) is 60.6 cm³/mol. The number of aryl methyl sites for hydroxylation is 1. The lowest BCUT2D eigenvalue weighted by Gasteiger charge is -2.20. The molecule has 14 heavy (non-hydrogen) atoms. The number of nitrogens with zero attached hydrogens (tertiary/aromatic N) is 1. The van der Waals surface area contributed by atoms with Gasteiger partial charge in [-0.3, -0.25) is 0 Å². The smallest absolute Gasteiger partial charge is 0.00807 e. The van der Waals surface area contributed by atoms with Crippen LogP contribution in [0.4, 0.5) is 0 Å². The van der Waals surface area contributed by atoms with E-state index in [1.165, 1.54) is 30.5 Å². The molecule has 0 amide bonds. The zero-order chi connectivity index (χ0) is 10.2. The fourth-order valence-electron chi connectivity index (χ4n) is 2.20. The molecule has 76 valence electrons. The minimum absolute atomic E-state index is 0.483. The Labute approximate surface area is 86.7 Å². The molecule has 0 atom stereocenters. The highest BCUT2D eigenvalue weighted by Gasteiger charge is 2.44. The topological polar surface area (TPSA) is 3.24 Å². The van der Waals surface area contributed by atoms with E-state index in [0.717, 1.165) is 0 Å². The number of likely N-dealkylation sites (N-methyl/N-ethyl adjacent to an activating group) is 1. The maximum Gasteiger partial charge on any atom is 0.00807 e. The average Bonchev–Trinajstić information content (AvgIpc) is 2.85. The standard InChI is InChI=1S/C13H19N/c1-11-4-6-12(7-5-11)13(8-9-13)10-14(2)3/h4-7H,8-10H2,1-3H3. The number of hydrogen-bond donors (Lipinski definition) is 0. The van der Waals surface area contributed by atoms with Crippen molar-refractivity contribution in [3.63, 3.8) is 0 Å². The van der Waals surface area contributed by atoms with Gasteiger partial charge in [-0.25, -0.2) is 0 Å². The van der Waals surface area contributed by atoms with Gasteiger partial charge in [-0.15, -0.1) is 0 Å². The monoisotopic (exact) mass is 189 g/mol. The lowest BCUT2D eigenvalue weighted by atomic mass is 9.95. The van der Waals surface area contributed by atoms with Crippen molar-refractivity contribution in [1.82, 2.24) is 4.90 Å². The van der Waals surface area contributed by atoms with E-state index >= 15 is 0 Å². The highest BCUT2D eigenvalue weighted by atomic mass is 15.1. The Kier molecular flexibility index (Phi) is 2.36. The van der Waals surface area contributed by atoms with Gasteiger partial charge in [-0.1, -0.05) is 29.8 Å². The van der Waals surface area contributed by atoms with Crippen LogP contribution in [0.2, 0.25) is 0 Å². The summed E-state index contributed by atoms with van der Waals surface area (Å²) in [6.07, 6.45) is 2.71. The van der Waals surface area contributed by atoms with Crippen molar-refractivity contribution >= 4 is 0 Å². The van der Waals surface area contributed by atoms with Gasteiger partial charge in [-0.05, 0) is 39.4 Å². The second-order valence-corrected chi connectivity index (χ2v) is 4.88. The Hall–Kier alpha value is -0.820. The third-order valence-electron chi connectivity index (χ3n) is 3.14. The van der Waals surface area contributed by atoms with Crippen LogP contribution in [0.15, 0.2) is 24.3 Å². The molecule has 0 aromatic heterocycles. The van der Waals surface area contributed by atoms with E-state index in [0.29, 0.717) is 5.41 Å². The lowest BCUT2D eigenvalue weighted by Crippen LogP contribution is -2.25. The summed E-state index contributed by atoms with van der Waals surface area (Å²) in [5.41, 5.74) is 3.36. The molecule has 1 aliphatic carbocycles. The van der Waals surface area contributed by atoms with Crippen molar-refractivity contribution in [3.8, 4) is 0 Å². The van der Waals surface area contributed by atoms with Crippen LogP contribution in [0.3, 0.4) is 0 Å². The molecule has 0 heterocycles. The Bertz CT molecular complexity index is 307. The van der Waals surface area contributed by atoms with E-state index in [9.17, 15) is 0 Å². The summed E-state index contributed by atoms with van der Waals surface area (Å²) in [5.74, 6) is 0. The fourth-order valence-corrected chi connectivity index (χ4v) is 2.20. The van der Waals surface area contributed by atoms with Crippen LogP contribution < -0.4 is 0 Å². The minimum atomic E-state index is 0.483. The molecule has 1 nitrogen and oxygen atoms in total. The summed E-state index contributed by atoms with van der Waals surface area (Å²) >= 11 is 0. The summed E-state index contributed by atoms with van der Waals surface area (Å²) in [7, 11) is 4.32. The molecule has 1 aromatic carbocycles. The normalized spacial score (nSPS) is 18.6. The Balaban J connectivity index is 2.18. The summed E-state index contributed by atoms with van der Waals surface area (Å²) in [6.45, 7) is 3.34. The zero-order valence-electron chi connectivity index (χ0n) is 9.38. The van der Waals surface area contributed by atoms with Crippen LogP contribution in [0.5, 0.6) is 0 Å². The molecule has 0 radical (unpaired) electrons. The number of rotatable bonds is 3. The Morgan fingerprint density at radius 3 is 2.14 bits per heavy atom. The van der Waals surface area contributed by atoms with Gasteiger partial charge in [0, 0.05) is 12.0 Å². The first-order valence-electron chi connectivity index (χ1n) is 5.34. The summed E-state index contributed by atoms with van der Waals surface area (Å²) in [6, 6.07) is 9.05. The molecular weight excluding hydrogens is 170 g/mol. The first kappa shape index (κ1) is 9.72. The summed E-state index contributed by atoms with van der Waals surface area (Å²) in [4.78, 5) is 2.30. The van der Waals surface area contributed by atoms with Crippen molar-refractivity contribution in [2.45, 2.75) is 25.2 Å². The highest BCUT2D eigenvalue weighted by molar-refractivity contribution is 5.33. The third kappa shape index (κ3) is 1.83.